The molecule has 0 amide bonds. The van der Waals surface area contributed by atoms with Crippen LogP contribution in [0.2, 0.25) is 0 Å². The van der Waals surface area contributed by atoms with Crippen molar-refractivity contribution < 1.29 is 21.1 Å². The van der Waals surface area contributed by atoms with Crippen LogP contribution in [0.15, 0.2) is 39.5 Å². The van der Waals surface area contributed by atoms with Crippen molar-refractivity contribution in [1.29, 1.82) is 0 Å². The van der Waals surface area contributed by atoms with E-state index in [0.29, 0.717) is 0 Å². The van der Waals surface area contributed by atoms with Crippen molar-refractivity contribution in [3.05, 3.63) is 39.5 Å². The molecule has 50 valence electrons. The Morgan fingerprint density at radius 3 is 0.500 bits per heavy atom. The van der Waals surface area contributed by atoms with Gasteiger partial charge in [0.05, 0.1) is 0 Å². The van der Waals surface area contributed by atoms with Crippen molar-refractivity contribution >= 4 is 0 Å². The maximum atomic E-state index is 3.00. The molecule has 0 nitrogen and oxygen atoms in total. The van der Waals surface area contributed by atoms with Crippen molar-refractivity contribution in [3.63, 3.8) is 0 Å². The Kier molecular flexibility index (Phi) is 160000. The van der Waals surface area contributed by atoms with Crippen LogP contribution in [0.5, 0.6) is 0 Å². The molecule has 0 N–H and O–H groups in total. The summed E-state index contributed by atoms with van der Waals surface area (Å²) in [6.45, 7) is 18.0. The van der Waals surface area contributed by atoms with Gasteiger partial charge < -0.3 is 0 Å². The SMILES string of the molecule is C.C=C.C=C.C=C.[W]. The Bertz CT molecular complexity index is 9.10. The molecule has 0 aromatic rings. The van der Waals surface area contributed by atoms with E-state index in [0.717, 1.165) is 0 Å². The van der Waals surface area contributed by atoms with Gasteiger partial charge in [0, 0.05) is 21.1 Å². The standard InChI is InChI=1S/3C2H4.CH4.W/c3*1-2;;/h3*1-2H2;1H4;. The van der Waals surface area contributed by atoms with Gasteiger partial charge in [-0.2, -0.15) is 0 Å². The van der Waals surface area contributed by atoms with Gasteiger partial charge in [0.2, 0.25) is 0 Å². The van der Waals surface area contributed by atoms with Crippen LogP contribution in [0.4, 0.5) is 0 Å². The first-order valence-corrected chi connectivity index (χ1v) is 1.50. The first-order chi connectivity index (χ1) is 3.00. The molecule has 0 atom stereocenters. The third-order valence-electron chi connectivity index (χ3n) is 0. The molecule has 0 spiro atoms. The van der Waals surface area contributed by atoms with Crippen LogP contribution in [-0.4, -0.2) is 0 Å². The molecule has 8 heavy (non-hydrogen) atoms. The van der Waals surface area contributed by atoms with Gasteiger partial charge in [-0.3, -0.25) is 0 Å². The van der Waals surface area contributed by atoms with Gasteiger partial charge in [0.1, 0.15) is 0 Å². The molecule has 0 aromatic heterocycles. The van der Waals surface area contributed by atoms with Gasteiger partial charge in [-0.15, -0.1) is 39.5 Å². The Morgan fingerprint density at radius 1 is 0.500 bits per heavy atom. The first kappa shape index (κ1) is 44.6. The van der Waals surface area contributed by atoms with E-state index in [1.165, 1.54) is 0 Å². The fraction of sp³-hybridized carbons (Fsp3) is 0.143. The van der Waals surface area contributed by atoms with E-state index in [1.54, 1.807) is 0 Å². The van der Waals surface area contributed by atoms with Gasteiger partial charge in [0.15, 0.2) is 0 Å². The Hall–Kier alpha value is -0.0917. The summed E-state index contributed by atoms with van der Waals surface area (Å²) in [4.78, 5) is 0. The molecule has 0 fully saturated rings. The average Bonchev–Trinajstić information content (AvgIpc) is 1.81. The molecule has 0 bridgehead atoms. The van der Waals surface area contributed by atoms with Crippen LogP contribution in [0.1, 0.15) is 7.43 Å². The van der Waals surface area contributed by atoms with Crippen molar-refractivity contribution in [2.45, 2.75) is 7.43 Å². The minimum atomic E-state index is 0. The number of hydrogen-bond acceptors (Lipinski definition) is 0. The molecule has 0 radical (unpaired) electrons. The summed E-state index contributed by atoms with van der Waals surface area (Å²) < 4.78 is 0. The molecule has 0 heterocycles. The third kappa shape index (κ3) is 16900. The maximum absolute atomic E-state index is 3.00. The van der Waals surface area contributed by atoms with E-state index in [9.17, 15) is 0 Å². The van der Waals surface area contributed by atoms with E-state index in [1.807, 2.05) is 0 Å². The van der Waals surface area contributed by atoms with E-state index in [2.05, 4.69) is 39.5 Å². The summed E-state index contributed by atoms with van der Waals surface area (Å²) in [6.07, 6.45) is 0. The zero-order chi connectivity index (χ0) is 6.00. The van der Waals surface area contributed by atoms with E-state index in [4.69, 9.17) is 0 Å². The van der Waals surface area contributed by atoms with E-state index >= 15 is 0 Å². The zero-order valence-corrected chi connectivity index (χ0v) is 7.58. The molecule has 0 saturated carbocycles. The molecule has 0 aliphatic heterocycles. The second kappa shape index (κ2) is 28700. The predicted octanol–water partition coefficient (Wildman–Crippen LogP) is 3.04. The molecular formula is C7H16W. The van der Waals surface area contributed by atoms with Crippen LogP contribution in [0.25, 0.3) is 0 Å². The maximum Gasteiger partial charge on any atom is 0 e. The fourth-order valence-corrected chi connectivity index (χ4v) is 0. The van der Waals surface area contributed by atoms with Gasteiger partial charge >= 0.3 is 0 Å². The van der Waals surface area contributed by atoms with Crippen LogP contribution < -0.4 is 0 Å². The quantitative estimate of drug-likeness (QED) is 0.600. The molecule has 0 aliphatic carbocycles. The van der Waals surface area contributed by atoms with Crippen molar-refractivity contribution in [3.8, 4) is 0 Å². The number of rotatable bonds is 0. The Labute approximate surface area is 68.3 Å². The number of hydrogen-bond donors (Lipinski definition) is 0. The monoisotopic (exact) mass is 284 g/mol. The summed E-state index contributed by atoms with van der Waals surface area (Å²) in [6, 6.07) is 0. The minimum absolute atomic E-state index is 0. The van der Waals surface area contributed by atoms with E-state index in [-0.39, 0.29) is 28.5 Å². The van der Waals surface area contributed by atoms with Crippen LogP contribution in [0.3, 0.4) is 0 Å². The van der Waals surface area contributed by atoms with Gasteiger partial charge in [-0.05, 0) is 0 Å². The molecular weight excluding hydrogens is 268 g/mol. The molecule has 0 unspecified atom stereocenters. The largest absolute Gasteiger partial charge is 0.106 e. The molecule has 1 heteroatoms. The zero-order valence-electron chi connectivity index (χ0n) is 4.65. The van der Waals surface area contributed by atoms with Gasteiger partial charge in [0.25, 0.3) is 0 Å². The summed E-state index contributed by atoms with van der Waals surface area (Å²) in [5.74, 6) is 0. The normalized spacial score (nSPS) is 1.50. The Balaban J connectivity index is -0.00000000500. The summed E-state index contributed by atoms with van der Waals surface area (Å²) in [5.41, 5.74) is 0. The van der Waals surface area contributed by atoms with Gasteiger partial charge in [-0.1, -0.05) is 7.43 Å². The second-order valence-corrected chi connectivity index (χ2v) is 0. The average molecular weight is 284 g/mol. The van der Waals surface area contributed by atoms with Crippen LogP contribution in [0, 0.1) is 0 Å². The predicted molar refractivity (Wildman–Crippen MR) is 40.5 cm³/mol. The van der Waals surface area contributed by atoms with Crippen molar-refractivity contribution in [2.24, 2.45) is 0 Å². The summed E-state index contributed by atoms with van der Waals surface area (Å²) in [5, 5.41) is 0. The van der Waals surface area contributed by atoms with Gasteiger partial charge in [-0.25, -0.2) is 0 Å². The molecule has 0 saturated heterocycles. The second-order valence-electron chi connectivity index (χ2n) is 0. The smallest absolute Gasteiger partial charge is 0 e. The minimum Gasteiger partial charge on any atom is -0.106 e. The topological polar surface area (TPSA) is 0 Å². The van der Waals surface area contributed by atoms with Crippen molar-refractivity contribution in [2.75, 3.05) is 0 Å². The van der Waals surface area contributed by atoms with Crippen LogP contribution in [-0.2, 0) is 21.1 Å². The summed E-state index contributed by atoms with van der Waals surface area (Å²) >= 11 is 0. The van der Waals surface area contributed by atoms with Crippen LogP contribution >= 0.6 is 0 Å². The fourth-order valence-electron chi connectivity index (χ4n) is 0. The first-order valence-electron chi connectivity index (χ1n) is 1.50. The van der Waals surface area contributed by atoms with Crippen molar-refractivity contribution in [1.82, 2.24) is 0 Å². The molecule has 0 aliphatic rings. The van der Waals surface area contributed by atoms with E-state index < -0.39 is 0 Å². The molecule has 0 rings (SSSR count). The Morgan fingerprint density at radius 2 is 0.500 bits per heavy atom. The molecule has 0 aromatic carbocycles. The third-order valence-corrected chi connectivity index (χ3v) is 0. The summed E-state index contributed by atoms with van der Waals surface area (Å²) in [7, 11) is 0.